The van der Waals surface area contributed by atoms with E-state index in [9.17, 15) is 4.55 Å². The van der Waals surface area contributed by atoms with Gasteiger partial charge in [-0.1, -0.05) is 6.07 Å². The first-order chi connectivity index (χ1) is 17.4. The van der Waals surface area contributed by atoms with E-state index in [2.05, 4.69) is 56.5 Å². The number of nitrogens with one attached hydrogen (secondary N) is 3. The minimum Gasteiger partial charge on any atom is -0.593 e. The highest BCUT2D eigenvalue weighted by Gasteiger charge is 2.21. The molecule has 1 aliphatic heterocycles. The van der Waals surface area contributed by atoms with Crippen molar-refractivity contribution < 1.29 is 4.55 Å². The number of likely N-dealkylation sites (N-methyl/N-ethyl adjacent to an activating group) is 1. The molecule has 1 aliphatic carbocycles. The average molecular weight is 506 g/mol. The Labute approximate surface area is 216 Å². The summed E-state index contributed by atoms with van der Waals surface area (Å²) >= 11 is -1.26. The summed E-state index contributed by atoms with van der Waals surface area (Å²) < 4.78 is 15.6. The van der Waals surface area contributed by atoms with Crippen molar-refractivity contribution in [3.63, 3.8) is 0 Å². The van der Waals surface area contributed by atoms with Gasteiger partial charge in [-0.2, -0.15) is 4.98 Å². The van der Waals surface area contributed by atoms with Gasteiger partial charge in [-0.05, 0) is 76.6 Å². The van der Waals surface area contributed by atoms with Gasteiger partial charge >= 0.3 is 0 Å². The summed E-state index contributed by atoms with van der Waals surface area (Å²) in [6.45, 7) is 8.25. The largest absolute Gasteiger partial charge is 0.593 e. The summed E-state index contributed by atoms with van der Waals surface area (Å²) in [5.74, 6) is 1.40. The van der Waals surface area contributed by atoms with Crippen LogP contribution in [0.4, 0.5) is 28.8 Å². The Bertz CT molecular complexity index is 1180. The molecule has 36 heavy (non-hydrogen) atoms. The predicted octanol–water partition coefficient (Wildman–Crippen LogP) is 4.22. The normalized spacial score (nSPS) is 16.8. The number of aromatic nitrogens is 2. The van der Waals surface area contributed by atoms with E-state index in [1.165, 1.54) is 5.69 Å². The first kappa shape index (κ1) is 24.8. The summed E-state index contributed by atoms with van der Waals surface area (Å²) in [6, 6.07) is 16.3. The highest BCUT2D eigenvalue weighted by Crippen LogP contribution is 2.31. The van der Waals surface area contributed by atoms with Gasteiger partial charge in [0, 0.05) is 60.9 Å². The highest BCUT2D eigenvalue weighted by atomic mass is 32.2. The number of anilines is 5. The molecule has 1 unspecified atom stereocenters. The van der Waals surface area contributed by atoms with Crippen LogP contribution in [-0.4, -0.2) is 58.7 Å². The van der Waals surface area contributed by atoms with Crippen LogP contribution in [0.15, 0.2) is 53.4 Å². The molecule has 0 amide bonds. The Morgan fingerprint density at radius 2 is 1.69 bits per heavy atom. The van der Waals surface area contributed by atoms with E-state index in [0.29, 0.717) is 5.95 Å². The summed E-state index contributed by atoms with van der Waals surface area (Å²) in [5.41, 5.74) is 5.33. The van der Waals surface area contributed by atoms with Crippen molar-refractivity contribution in [3.8, 4) is 0 Å². The lowest BCUT2D eigenvalue weighted by atomic mass is 10.2. The van der Waals surface area contributed by atoms with E-state index >= 15 is 0 Å². The van der Waals surface area contributed by atoms with Crippen LogP contribution in [0.3, 0.4) is 0 Å². The van der Waals surface area contributed by atoms with Gasteiger partial charge in [0.1, 0.15) is 5.82 Å². The molecule has 1 atom stereocenters. The van der Waals surface area contributed by atoms with Crippen LogP contribution >= 0.6 is 0 Å². The maximum atomic E-state index is 12.6. The standard InChI is InChI=1S/C27H35N7OS/c1-19(2)32-36(35)23-7-4-6-21(18-23)28-26-24-8-5-9-25(24)30-27(31-26)29-20-10-12-22(13-11-20)34-16-14-33(3)15-17-34/h4,6-7,10-13,18-19,32H,5,8-9,14-17H2,1-3H3,(H2,28,29,30,31). The molecule has 8 nitrogen and oxygen atoms in total. The van der Waals surface area contributed by atoms with Crippen LogP contribution in [0.5, 0.6) is 0 Å². The van der Waals surface area contributed by atoms with Gasteiger partial charge in [0.2, 0.25) is 5.95 Å². The molecule has 3 N–H and O–H groups in total. The number of benzene rings is 2. The van der Waals surface area contributed by atoms with E-state index in [-0.39, 0.29) is 6.04 Å². The van der Waals surface area contributed by atoms with E-state index < -0.39 is 11.4 Å². The maximum Gasteiger partial charge on any atom is 0.229 e. The molecule has 190 valence electrons. The first-order valence-corrected chi connectivity index (χ1v) is 13.8. The van der Waals surface area contributed by atoms with Crippen LogP contribution in [0.25, 0.3) is 0 Å². The number of rotatable bonds is 8. The average Bonchev–Trinajstić information content (AvgIpc) is 3.34. The molecule has 9 heteroatoms. The van der Waals surface area contributed by atoms with Crippen molar-refractivity contribution in [1.82, 2.24) is 19.6 Å². The molecule has 0 radical (unpaired) electrons. The van der Waals surface area contributed by atoms with Gasteiger partial charge in [-0.25, -0.2) is 4.98 Å². The number of aryl methyl sites for hydroxylation is 1. The Hall–Kier alpha value is -2.85. The monoisotopic (exact) mass is 505 g/mol. The highest BCUT2D eigenvalue weighted by molar-refractivity contribution is 7.89. The first-order valence-electron chi connectivity index (χ1n) is 12.7. The third-order valence-corrected chi connectivity index (χ3v) is 7.95. The molecular formula is C27H35N7OS. The van der Waals surface area contributed by atoms with Gasteiger partial charge < -0.3 is 25.0 Å². The van der Waals surface area contributed by atoms with E-state index in [4.69, 9.17) is 9.97 Å². The van der Waals surface area contributed by atoms with Crippen molar-refractivity contribution in [3.05, 3.63) is 59.8 Å². The van der Waals surface area contributed by atoms with Crippen LogP contribution in [0.2, 0.25) is 0 Å². The van der Waals surface area contributed by atoms with Crippen LogP contribution in [-0.2, 0) is 24.2 Å². The summed E-state index contributed by atoms with van der Waals surface area (Å²) in [5, 5.41) is 6.87. The molecule has 0 bridgehead atoms. The summed E-state index contributed by atoms with van der Waals surface area (Å²) in [7, 11) is 2.17. The van der Waals surface area contributed by atoms with Gasteiger partial charge in [0.15, 0.2) is 4.90 Å². The third-order valence-electron chi connectivity index (χ3n) is 6.58. The van der Waals surface area contributed by atoms with Crippen molar-refractivity contribution in [2.24, 2.45) is 0 Å². The van der Waals surface area contributed by atoms with E-state index in [0.717, 1.165) is 78.8 Å². The van der Waals surface area contributed by atoms with Gasteiger partial charge in [0.05, 0.1) is 17.1 Å². The minimum absolute atomic E-state index is 0.136. The Morgan fingerprint density at radius 1 is 0.917 bits per heavy atom. The molecule has 0 spiro atoms. The smallest absolute Gasteiger partial charge is 0.229 e. The lowest BCUT2D eigenvalue weighted by Gasteiger charge is -2.34. The topological polar surface area (TPSA) is 91.4 Å². The lowest BCUT2D eigenvalue weighted by molar-refractivity contribution is 0.313. The number of hydrogen-bond donors (Lipinski definition) is 3. The number of piperazine rings is 1. The quantitative estimate of drug-likeness (QED) is 0.392. The van der Waals surface area contributed by atoms with Crippen LogP contribution < -0.4 is 20.3 Å². The molecule has 1 saturated heterocycles. The Morgan fingerprint density at radius 3 is 2.44 bits per heavy atom. The molecule has 0 saturated carbocycles. The van der Waals surface area contributed by atoms with Gasteiger partial charge in [0.25, 0.3) is 0 Å². The van der Waals surface area contributed by atoms with Crippen molar-refractivity contribution in [2.45, 2.75) is 44.0 Å². The number of nitrogens with zero attached hydrogens (tertiary/aromatic N) is 4. The molecule has 1 fully saturated rings. The second kappa shape index (κ2) is 11.0. The zero-order valence-electron chi connectivity index (χ0n) is 21.3. The predicted molar refractivity (Wildman–Crippen MR) is 148 cm³/mol. The van der Waals surface area contributed by atoms with Crippen molar-refractivity contribution in [2.75, 3.05) is 48.8 Å². The minimum atomic E-state index is -1.26. The van der Waals surface area contributed by atoms with Crippen molar-refractivity contribution in [1.29, 1.82) is 0 Å². The number of hydrogen-bond acceptors (Lipinski definition) is 8. The molecule has 2 aromatic carbocycles. The zero-order valence-corrected chi connectivity index (χ0v) is 22.1. The second-order valence-corrected chi connectivity index (χ2v) is 11.1. The van der Waals surface area contributed by atoms with Gasteiger partial charge in [-0.3, -0.25) is 0 Å². The fraction of sp³-hybridized carbons (Fsp3) is 0.407. The van der Waals surface area contributed by atoms with Crippen LogP contribution in [0, 0.1) is 0 Å². The molecule has 1 aromatic heterocycles. The van der Waals surface area contributed by atoms with E-state index in [1.807, 2.05) is 38.1 Å². The van der Waals surface area contributed by atoms with E-state index in [1.54, 1.807) is 0 Å². The number of fused-ring (bicyclic) bond motifs is 1. The lowest BCUT2D eigenvalue weighted by Crippen LogP contribution is -2.44. The van der Waals surface area contributed by atoms with Crippen molar-refractivity contribution >= 4 is 40.2 Å². The Balaban J connectivity index is 1.32. The fourth-order valence-corrected chi connectivity index (χ4v) is 5.65. The third kappa shape index (κ3) is 5.92. The summed E-state index contributed by atoms with van der Waals surface area (Å²) in [4.78, 5) is 15.2. The maximum absolute atomic E-state index is 12.6. The SMILES string of the molecule is CC(C)N[S+]([O-])c1cccc(Nc2nc(Nc3ccc(N4CCN(C)CC4)cc3)nc3c2CCC3)c1. The Kier molecular flexibility index (Phi) is 7.62. The molecule has 5 rings (SSSR count). The molecule has 2 aliphatic rings. The van der Waals surface area contributed by atoms with Gasteiger partial charge in [-0.15, -0.1) is 4.72 Å². The fourth-order valence-electron chi connectivity index (χ4n) is 4.65. The molecule has 2 heterocycles. The summed E-state index contributed by atoms with van der Waals surface area (Å²) in [6.07, 6.45) is 2.98. The molecule has 3 aromatic rings. The molecular weight excluding hydrogens is 470 g/mol. The zero-order chi connectivity index (χ0) is 25.1. The second-order valence-electron chi connectivity index (χ2n) is 9.83. The van der Waals surface area contributed by atoms with Crippen LogP contribution in [0.1, 0.15) is 31.5 Å².